The molecule has 0 aliphatic carbocycles. The summed E-state index contributed by atoms with van der Waals surface area (Å²) in [4.78, 5) is 6.64. The van der Waals surface area contributed by atoms with Crippen molar-refractivity contribution in [3.8, 4) is 0 Å². The van der Waals surface area contributed by atoms with Crippen molar-refractivity contribution in [2.75, 3.05) is 11.9 Å². The van der Waals surface area contributed by atoms with Crippen LogP contribution in [0, 0.1) is 6.92 Å². The SMILES string of the molecule is CC[C@H](O)c1ccc(N(C)Cc2csc(C)n2)cc1. The Hall–Kier alpha value is -1.39. The van der Waals surface area contributed by atoms with Crippen molar-refractivity contribution in [2.45, 2.75) is 32.9 Å². The summed E-state index contributed by atoms with van der Waals surface area (Å²) in [6.07, 6.45) is 0.383. The lowest BCUT2D eigenvalue weighted by atomic mass is 10.1. The Labute approximate surface area is 118 Å². The van der Waals surface area contributed by atoms with Crippen molar-refractivity contribution in [1.82, 2.24) is 4.98 Å². The van der Waals surface area contributed by atoms with Gasteiger partial charge >= 0.3 is 0 Å². The van der Waals surface area contributed by atoms with Crippen molar-refractivity contribution < 1.29 is 5.11 Å². The summed E-state index contributed by atoms with van der Waals surface area (Å²) in [6.45, 7) is 4.81. The van der Waals surface area contributed by atoms with Crippen molar-refractivity contribution >= 4 is 17.0 Å². The number of hydrogen-bond donors (Lipinski definition) is 1. The van der Waals surface area contributed by atoms with E-state index in [1.807, 2.05) is 38.1 Å². The highest BCUT2D eigenvalue weighted by molar-refractivity contribution is 7.09. The summed E-state index contributed by atoms with van der Waals surface area (Å²) in [7, 11) is 2.06. The monoisotopic (exact) mass is 276 g/mol. The normalized spacial score (nSPS) is 12.4. The number of anilines is 1. The second-order valence-electron chi connectivity index (χ2n) is 4.73. The van der Waals surface area contributed by atoms with Gasteiger partial charge in [0.2, 0.25) is 0 Å². The molecule has 0 spiro atoms. The molecule has 1 heterocycles. The molecule has 2 rings (SSSR count). The zero-order valence-electron chi connectivity index (χ0n) is 11.6. The second-order valence-corrected chi connectivity index (χ2v) is 5.79. The molecule has 1 aromatic heterocycles. The highest BCUT2D eigenvalue weighted by Crippen LogP contribution is 2.21. The van der Waals surface area contributed by atoms with E-state index in [0.29, 0.717) is 0 Å². The first-order chi connectivity index (χ1) is 9.10. The number of aliphatic hydroxyl groups excluding tert-OH is 1. The van der Waals surface area contributed by atoms with Crippen LogP contribution in [0.3, 0.4) is 0 Å². The Morgan fingerprint density at radius 1 is 1.32 bits per heavy atom. The fourth-order valence-corrected chi connectivity index (χ4v) is 2.61. The van der Waals surface area contributed by atoms with Crippen LogP contribution < -0.4 is 4.90 Å². The van der Waals surface area contributed by atoms with Crippen LogP contribution in [0.5, 0.6) is 0 Å². The van der Waals surface area contributed by atoms with Crippen LogP contribution in [0.25, 0.3) is 0 Å². The van der Waals surface area contributed by atoms with Crippen molar-refractivity contribution in [1.29, 1.82) is 0 Å². The standard InChI is InChI=1S/C15H20N2OS/c1-4-15(18)12-5-7-14(8-6-12)17(3)9-13-10-19-11(2)16-13/h5-8,10,15,18H,4,9H2,1-3H3/t15-/m0/s1. The third-order valence-electron chi connectivity index (χ3n) is 3.17. The smallest absolute Gasteiger partial charge is 0.0898 e. The van der Waals surface area contributed by atoms with Gasteiger partial charge in [0.1, 0.15) is 0 Å². The van der Waals surface area contributed by atoms with E-state index in [9.17, 15) is 5.11 Å². The molecule has 0 aliphatic heterocycles. The molecule has 0 saturated carbocycles. The van der Waals surface area contributed by atoms with Gasteiger partial charge in [0.05, 0.1) is 23.4 Å². The van der Waals surface area contributed by atoms with Crippen molar-refractivity contribution in [3.05, 3.63) is 45.9 Å². The molecule has 0 saturated heterocycles. The molecule has 0 aliphatic rings. The molecule has 1 N–H and O–H groups in total. The molecule has 1 aromatic carbocycles. The number of aromatic nitrogens is 1. The Balaban J connectivity index is 2.05. The highest BCUT2D eigenvalue weighted by atomic mass is 32.1. The van der Waals surface area contributed by atoms with Crippen LogP contribution in [0.2, 0.25) is 0 Å². The Morgan fingerprint density at radius 2 is 2.00 bits per heavy atom. The molecule has 19 heavy (non-hydrogen) atoms. The second kappa shape index (κ2) is 6.17. The summed E-state index contributed by atoms with van der Waals surface area (Å²) < 4.78 is 0. The van der Waals surface area contributed by atoms with E-state index in [2.05, 4.69) is 22.3 Å². The highest BCUT2D eigenvalue weighted by Gasteiger charge is 2.07. The van der Waals surface area contributed by atoms with Gasteiger partial charge in [-0.3, -0.25) is 0 Å². The zero-order valence-corrected chi connectivity index (χ0v) is 12.4. The number of thiazole rings is 1. The lowest BCUT2D eigenvalue weighted by Crippen LogP contribution is -2.16. The van der Waals surface area contributed by atoms with Crippen LogP contribution in [0.15, 0.2) is 29.6 Å². The van der Waals surface area contributed by atoms with Crippen molar-refractivity contribution in [3.63, 3.8) is 0 Å². The molecule has 1 atom stereocenters. The largest absolute Gasteiger partial charge is 0.388 e. The van der Waals surface area contributed by atoms with E-state index < -0.39 is 0 Å². The van der Waals surface area contributed by atoms with Gasteiger partial charge in [-0.1, -0.05) is 19.1 Å². The number of aryl methyl sites for hydroxylation is 1. The minimum Gasteiger partial charge on any atom is -0.388 e. The van der Waals surface area contributed by atoms with E-state index >= 15 is 0 Å². The maximum Gasteiger partial charge on any atom is 0.0898 e. The summed E-state index contributed by atoms with van der Waals surface area (Å²) in [6, 6.07) is 8.08. The number of nitrogens with zero attached hydrogens (tertiary/aromatic N) is 2. The fourth-order valence-electron chi connectivity index (χ4n) is 2.00. The molecule has 3 nitrogen and oxygen atoms in total. The van der Waals surface area contributed by atoms with E-state index in [-0.39, 0.29) is 6.10 Å². The molecular formula is C15H20N2OS. The summed E-state index contributed by atoms with van der Waals surface area (Å²) in [5, 5.41) is 13.0. The molecule has 4 heteroatoms. The van der Waals surface area contributed by atoms with E-state index in [1.54, 1.807) is 11.3 Å². The molecule has 0 unspecified atom stereocenters. The summed E-state index contributed by atoms with van der Waals surface area (Å²) in [5.41, 5.74) is 3.21. The Kier molecular flexibility index (Phi) is 4.56. The third kappa shape index (κ3) is 3.55. The van der Waals surface area contributed by atoms with Gasteiger partial charge in [-0.25, -0.2) is 4.98 Å². The molecule has 2 aromatic rings. The van der Waals surface area contributed by atoms with Gasteiger partial charge in [-0.2, -0.15) is 0 Å². The molecular weight excluding hydrogens is 256 g/mol. The maximum atomic E-state index is 9.77. The van der Waals surface area contributed by atoms with Gasteiger partial charge in [0.25, 0.3) is 0 Å². The van der Waals surface area contributed by atoms with E-state index in [0.717, 1.165) is 34.9 Å². The number of aliphatic hydroxyl groups is 1. The first-order valence-corrected chi connectivity index (χ1v) is 7.38. The molecule has 0 fully saturated rings. The minimum absolute atomic E-state index is 0.361. The summed E-state index contributed by atoms with van der Waals surface area (Å²) in [5.74, 6) is 0. The average Bonchev–Trinajstić information content (AvgIpc) is 2.83. The van der Waals surface area contributed by atoms with Crippen molar-refractivity contribution in [2.24, 2.45) is 0 Å². The van der Waals surface area contributed by atoms with Gasteiger partial charge in [-0.15, -0.1) is 11.3 Å². The van der Waals surface area contributed by atoms with Crippen LogP contribution >= 0.6 is 11.3 Å². The molecule has 0 bridgehead atoms. The third-order valence-corrected chi connectivity index (χ3v) is 3.99. The van der Waals surface area contributed by atoms with Gasteiger partial charge in [-0.05, 0) is 31.0 Å². The van der Waals surface area contributed by atoms with Gasteiger partial charge in [0, 0.05) is 18.1 Å². The molecule has 0 amide bonds. The minimum atomic E-state index is -0.361. The first-order valence-electron chi connectivity index (χ1n) is 6.50. The predicted octanol–water partition coefficient (Wildman–Crippen LogP) is 3.53. The molecule has 0 radical (unpaired) electrons. The van der Waals surface area contributed by atoms with Crippen LogP contribution in [-0.4, -0.2) is 17.1 Å². The Morgan fingerprint density at radius 3 is 2.53 bits per heavy atom. The number of rotatable bonds is 5. The van der Waals surface area contributed by atoms with Gasteiger partial charge < -0.3 is 10.0 Å². The lowest BCUT2D eigenvalue weighted by Gasteiger charge is -2.19. The van der Waals surface area contributed by atoms with Gasteiger partial charge in [0.15, 0.2) is 0 Å². The average molecular weight is 276 g/mol. The van der Waals surface area contributed by atoms with E-state index in [1.165, 1.54) is 0 Å². The molecule has 102 valence electrons. The number of hydrogen-bond acceptors (Lipinski definition) is 4. The first kappa shape index (κ1) is 14.0. The number of benzene rings is 1. The lowest BCUT2D eigenvalue weighted by molar-refractivity contribution is 0.173. The van der Waals surface area contributed by atoms with Crippen LogP contribution in [-0.2, 0) is 6.54 Å². The van der Waals surface area contributed by atoms with Crippen LogP contribution in [0.1, 0.15) is 35.7 Å². The topological polar surface area (TPSA) is 36.4 Å². The maximum absolute atomic E-state index is 9.77. The summed E-state index contributed by atoms with van der Waals surface area (Å²) >= 11 is 1.68. The van der Waals surface area contributed by atoms with E-state index in [4.69, 9.17) is 0 Å². The Bertz CT molecular complexity index is 521. The zero-order chi connectivity index (χ0) is 13.8. The fraction of sp³-hybridized carbons (Fsp3) is 0.400. The quantitative estimate of drug-likeness (QED) is 0.907. The predicted molar refractivity (Wildman–Crippen MR) is 80.7 cm³/mol. The van der Waals surface area contributed by atoms with Crippen LogP contribution in [0.4, 0.5) is 5.69 Å².